The van der Waals surface area contributed by atoms with Crippen molar-refractivity contribution in [1.29, 1.82) is 0 Å². The number of allylic oxidation sites excluding steroid dienone is 3. The number of aromatic nitrogens is 3. The molecule has 2 aliphatic rings. The number of aldehydes is 1. The van der Waals surface area contributed by atoms with Gasteiger partial charge in [0, 0.05) is 30.4 Å². The molecule has 3 N–H and O–H groups in total. The van der Waals surface area contributed by atoms with Crippen molar-refractivity contribution in [2.24, 2.45) is 23.7 Å². The van der Waals surface area contributed by atoms with Crippen LogP contribution in [0.1, 0.15) is 85.8 Å². The smallest absolute Gasteiger partial charge is 0.308 e. The molecule has 282 valence electrons. The second-order valence-electron chi connectivity index (χ2n) is 14.5. The first kappa shape index (κ1) is 41.6. The zero-order chi connectivity index (χ0) is 37.1. The molecular formula is C37H60N4O9. The lowest BCUT2D eigenvalue weighted by molar-refractivity contribution is -0.304. The predicted octanol–water partition coefficient (Wildman–Crippen LogP) is 3.04. The van der Waals surface area contributed by atoms with Gasteiger partial charge in [0.25, 0.3) is 0 Å². The Morgan fingerprint density at radius 1 is 1.10 bits per heavy atom. The van der Waals surface area contributed by atoms with Gasteiger partial charge in [-0.2, -0.15) is 0 Å². The quantitative estimate of drug-likeness (QED) is 0.227. The first-order chi connectivity index (χ1) is 23.7. The van der Waals surface area contributed by atoms with E-state index in [-0.39, 0.29) is 31.0 Å². The Bertz CT molecular complexity index is 1300. The van der Waals surface area contributed by atoms with Gasteiger partial charge in [-0.05, 0) is 65.6 Å². The number of carbonyl (C=O) groups excluding carboxylic acids is 3. The number of ketones is 1. The van der Waals surface area contributed by atoms with Gasteiger partial charge < -0.3 is 39.2 Å². The van der Waals surface area contributed by atoms with Crippen LogP contribution >= 0.6 is 0 Å². The number of esters is 1. The van der Waals surface area contributed by atoms with E-state index < -0.39 is 72.7 Å². The van der Waals surface area contributed by atoms with E-state index in [1.165, 1.54) is 6.08 Å². The van der Waals surface area contributed by atoms with Gasteiger partial charge in [-0.1, -0.05) is 57.1 Å². The van der Waals surface area contributed by atoms with Crippen molar-refractivity contribution < 1.29 is 43.9 Å². The molecule has 2 unspecified atom stereocenters. The molecular weight excluding hydrogens is 644 g/mol. The molecule has 50 heavy (non-hydrogen) atoms. The van der Waals surface area contributed by atoms with Gasteiger partial charge >= 0.3 is 5.97 Å². The number of cyclic esters (lactones) is 1. The normalized spacial score (nSPS) is 36.8. The highest BCUT2D eigenvalue weighted by molar-refractivity contribution is 5.91. The summed E-state index contributed by atoms with van der Waals surface area (Å²) in [7, 11) is 3.46. The monoisotopic (exact) mass is 704 g/mol. The number of likely N-dealkylation sites (N-methyl/N-ethyl adjacent to an activating group) is 1. The molecule has 0 amide bonds. The molecule has 3 rings (SSSR count). The molecule has 13 nitrogen and oxygen atoms in total. The number of ether oxygens (including phenoxy) is 3. The van der Waals surface area contributed by atoms with Gasteiger partial charge in [-0.25, -0.2) is 0 Å². The number of hydrogen-bond donors (Lipinski definition) is 3. The second-order valence-corrected chi connectivity index (χ2v) is 14.5. The average Bonchev–Trinajstić information content (AvgIpc) is 3.51. The fourth-order valence-corrected chi connectivity index (χ4v) is 7.05. The Hall–Kier alpha value is -2.81. The van der Waals surface area contributed by atoms with E-state index >= 15 is 0 Å². The average molecular weight is 705 g/mol. The molecule has 0 bridgehead atoms. The summed E-state index contributed by atoms with van der Waals surface area (Å²) < 4.78 is 20.1. The van der Waals surface area contributed by atoms with E-state index in [1.807, 2.05) is 26.1 Å². The molecule has 1 aromatic heterocycles. The minimum absolute atomic E-state index is 0.00652. The Morgan fingerprint density at radius 2 is 1.82 bits per heavy atom. The zero-order valence-corrected chi connectivity index (χ0v) is 31.1. The van der Waals surface area contributed by atoms with Crippen molar-refractivity contribution in [3.63, 3.8) is 0 Å². The maximum atomic E-state index is 13.5. The van der Waals surface area contributed by atoms with Gasteiger partial charge in [0.1, 0.15) is 18.5 Å². The van der Waals surface area contributed by atoms with Crippen LogP contribution in [0.5, 0.6) is 0 Å². The maximum Gasteiger partial charge on any atom is 0.308 e. The Labute approximate surface area is 297 Å². The number of carbonyl (C=O) groups is 3. The molecule has 0 aromatic carbocycles. The van der Waals surface area contributed by atoms with Crippen molar-refractivity contribution in [1.82, 2.24) is 19.9 Å². The summed E-state index contributed by atoms with van der Waals surface area (Å²) in [5.41, 5.74) is 1.69. The number of nitrogens with zero attached hydrogens (tertiary/aromatic N) is 4. The predicted molar refractivity (Wildman–Crippen MR) is 187 cm³/mol. The molecule has 1 aromatic rings. The van der Waals surface area contributed by atoms with Gasteiger partial charge in [0.15, 0.2) is 12.1 Å². The van der Waals surface area contributed by atoms with Gasteiger partial charge in [-0.15, -0.1) is 5.10 Å². The van der Waals surface area contributed by atoms with Crippen LogP contribution in [-0.2, 0) is 41.6 Å². The van der Waals surface area contributed by atoms with Crippen molar-refractivity contribution >= 4 is 18.0 Å². The van der Waals surface area contributed by atoms with Crippen molar-refractivity contribution in [3.05, 3.63) is 35.7 Å². The zero-order valence-electron chi connectivity index (χ0n) is 31.1. The lowest BCUT2D eigenvalue weighted by Gasteiger charge is -2.46. The molecule has 0 spiro atoms. The highest BCUT2D eigenvalue weighted by Gasteiger charge is 2.47. The van der Waals surface area contributed by atoms with Crippen LogP contribution in [0.3, 0.4) is 0 Å². The fraction of sp³-hybridized carbons (Fsp3) is 0.757. The number of aliphatic hydroxyl groups excluding tert-OH is 3. The molecule has 0 radical (unpaired) electrons. The largest absolute Gasteiger partial charge is 0.462 e. The SMILES string of the molecule is CCCCc1cn(C[C@H]2/C=C(C)/C=C/C(=O)[C@H](C)C[C@H](CC=O)[C@H](O[C@@H]3O[C@H](C)[C@@H](O)C(N(C)C)C3O)[C@@H](C)[C@H](O)CC(=O)O[C@@H]2CC)nn1. The molecule has 12 atom stereocenters. The molecule has 2 aliphatic heterocycles. The third kappa shape index (κ3) is 11.3. The summed E-state index contributed by atoms with van der Waals surface area (Å²) in [6.07, 6.45) is 4.26. The van der Waals surface area contributed by atoms with Crippen LogP contribution in [0.25, 0.3) is 0 Å². The van der Waals surface area contributed by atoms with E-state index in [9.17, 15) is 29.7 Å². The molecule has 3 heterocycles. The molecule has 0 aliphatic carbocycles. The summed E-state index contributed by atoms with van der Waals surface area (Å²) >= 11 is 0. The minimum Gasteiger partial charge on any atom is -0.462 e. The van der Waals surface area contributed by atoms with Crippen LogP contribution < -0.4 is 0 Å². The van der Waals surface area contributed by atoms with E-state index in [2.05, 4.69) is 17.2 Å². The number of rotatable bonds is 11. The van der Waals surface area contributed by atoms with Gasteiger partial charge in [-0.3, -0.25) is 14.3 Å². The van der Waals surface area contributed by atoms with Crippen molar-refractivity contribution in [3.8, 4) is 0 Å². The fourth-order valence-electron chi connectivity index (χ4n) is 7.05. The van der Waals surface area contributed by atoms with Crippen LogP contribution in [-0.4, -0.2) is 116 Å². The molecule has 13 heteroatoms. The van der Waals surface area contributed by atoms with E-state index in [1.54, 1.807) is 50.5 Å². The number of hydrogen-bond acceptors (Lipinski definition) is 12. The van der Waals surface area contributed by atoms with Crippen LogP contribution in [0.2, 0.25) is 0 Å². The lowest BCUT2D eigenvalue weighted by Crippen LogP contribution is -2.63. The summed E-state index contributed by atoms with van der Waals surface area (Å²) in [6.45, 7) is 11.5. The number of aliphatic hydroxyl groups is 3. The van der Waals surface area contributed by atoms with Crippen LogP contribution in [0.15, 0.2) is 30.0 Å². The highest BCUT2D eigenvalue weighted by atomic mass is 16.7. The highest BCUT2D eigenvalue weighted by Crippen LogP contribution is 2.34. The number of unbranched alkanes of at least 4 members (excludes halogenated alkanes) is 1. The van der Waals surface area contributed by atoms with E-state index in [0.29, 0.717) is 13.0 Å². The molecule has 1 fully saturated rings. The Balaban J connectivity index is 1.98. The maximum absolute atomic E-state index is 13.5. The lowest BCUT2D eigenvalue weighted by atomic mass is 9.79. The van der Waals surface area contributed by atoms with Gasteiger partial charge in [0.05, 0.1) is 49.1 Å². The molecule has 1 saturated heterocycles. The third-order valence-electron chi connectivity index (χ3n) is 10.1. The Morgan fingerprint density at radius 3 is 2.46 bits per heavy atom. The van der Waals surface area contributed by atoms with Crippen molar-refractivity contribution in [2.45, 2.75) is 142 Å². The summed E-state index contributed by atoms with van der Waals surface area (Å²) in [5.74, 6) is -2.87. The number of aryl methyl sites for hydroxylation is 1. The van der Waals surface area contributed by atoms with Crippen LogP contribution in [0, 0.1) is 23.7 Å². The van der Waals surface area contributed by atoms with Crippen molar-refractivity contribution in [2.75, 3.05) is 14.1 Å². The van der Waals surface area contributed by atoms with E-state index in [0.717, 1.165) is 36.8 Å². The summed E-state index contributed by atoms with van der Waals surface area (Å²) in [4.78, 5) is 40.6. The minimum atomic E-state index is -1.27. The van der Waals surface area contributed by atoms with Crippen LogP contribution in [0.4, 0.5) is 0 Å². The topological polar surface area (TPSA) is 174 Å². The second kappa shape index (κ2) is 19.7. The summed E-state index contributed by atoms with van der Waals surface area (Å²) in [6, 6.07) is -0.712. The molecule has 0 saturated carbocycles. The van der Waals surface area contributed by atoms with Gasteiger partial charge in [0.2, 0.25) is 0 Å². The standard InChI is InChI=1S/C37H60N4O9/c1-9-11-12-28-21-41(39-38-28)20-27-17-22(3)13-14-29(43)23(4)18-26(15-16-42)36(24(5)30(44)19-32(45)49-31(27)10-2)50-37-35(47)33(40(7)8)34(46)25(6)48-37/h13-14,16-17,21,23-27,30-31,33-37,44,46-47H,9-12,15,18-20H2,1-8H3/b14-13+,22-17+/t23-,24+,25-,26+,27-,30-,31-,33?,34-,35?,36-,37+/m1/s1. The first-order valence-corrected chi connectivity index (χ1v) is 18.1. The summed E-state index contributed by atoms with van der Waals surface area (Å²) in [5, 5.41) is 42.1. The van der Waals surface area contributed by atoms with E-state index in [4.69, 9.17) is 14.2 Å². The Kier molecular flexibility index (Phi) is 16.4. The third-order valence-corrected chi connectivity index (χ3v) is 10.1. The first-order valence-electron chi connectivity index (χ1n) is 18.1.